The highest BCUT2D eigenvalue weighted by Gasteiger charge is 2.24. The van der Waals surface area contributed by atoms with E-state index in [1.807, 2.05) is 12.1 Å². The SMILES string of the molecule is O=C(Nc1cc(Cl)c2cc[nH]c2c1)NC1CCc2ccc(F)cc21. The zero-order chi connectivity index (χ0) is 16.7. The molecule has 1 unspecified atom stereocenters. The number of rotatable bonds is 2. The van der Waals surface area contributed by atoms with Gasteiger partial charge in [0.25, 0.3) is 0 Å². The molecule has 1 atom stereocenters. The maximum atomic E-state index is 13.4. The Bertz CT molecular complexity index is 937. The summed E-state index contributed by atoms with van der Waals surface area (Å²) in [7, 11) is 0. The predicted molar refractivity (Wildman–Crippen MR) is 92.9 cm³/mol. The van der Waals surface area contributed by atoms with Crippen LogP contribution in [-0.2, 0) is 6.42 Å². The Morgan fingerprint density at radius 2 is 2.12 bits per heavy atom. The minimum absolute atomic E-state index is 0.180. The molecule has 4 nitrogen and oxygen atoms in total. The van der Waals surface area contributed by atoms with E-state index in [2.05, 4.69) is 15.6 Å². The summed E-state index contributed by atoms with van der Waals surface area (Å²) < 4.78 is 13.4. The Kier molecular flexibility index (Phi) is 3.65. The fourth-order valence-corrected chi connectivity index (χ4v) is 3.52. The number of amides is 2. The van der Waals surface area contributed by atoms with Crippen molar-refractivity contribution < 1.29 is 9.18 Å². The highest BCUT2D eigenvalue weighted by atomic mass is 35.5. The van der Waals surface area contributed by atoms with Gasteiger partial charge in [0.05, 0.1) is 11.1 Å². The van der Waals surface area contributed by atoms with E-state index in [1.54, 1.807) is 18.3 Å². The molecule has 122 valence electrons. The molecule has 6 heteroatoms. The van der Waals surface area contributed by atoms with Crippen LogP contribution in [-0.4, -0.2) is 11.0 Å². The number of halogens is 2. The number of urea groups is 1. The number of hydrogen-bond donors (Lipinski definition) is 3. The summed E-state index contributed by atoms with van der Waals surface area (Å²) in [6.07, 6.45) is 3.40. The number of anilines is 1. The van der Waals surface area contributed by atoms with Gasteiger partial charge in [-0.05, 0) is 54.3 Å². The quantitative estimate of drug-likeness (QED) is 0.616. The summed E-state index contributed by atoms with van der Waals surface area (Å²) in [5, 5.41) is 7.16. The van der Waals surface area contributed by atoms with Crippen LogP contribution in [0.4, 0.5) is 14.9 Å². The molecule has 1 heterocycles. The number of nitrogens with one attached hydrogen (secondary N) is 3. The van der Waals surface area contributed by atoms with Gasteiger partial charge in [0, 0.05) is 22.8 Å². The second-order valence-corrected chi connectivity index (χ2v) is 6.34. The van der Waals surface area contributed by atoms with Crippen LogP contribution in [0.5, 0.6) is 0 Å². The smallest absolute Gasteiger partial charge is 0.319 e. The normalized spacial score (nSPS) is 16.2. The summed E-state index contributed by atoms with van der Waals surface area (Å²) >= 11 is 6.21. The van der Waals surface area contributed by atoms with Crippen LogP contribution in [0, 0.1) is 5.82 Å². The number of H-pyrrole nitrogens is 1. The predicted octanol–water partition coefficient (Wildman–Crippen LogP) is 4.77. The van der Waals surface area contributed by atoms with Crippen molar-refractivity contribution in [2.75, 3.05) is 5.32 Å². The van der Waals surface area contributed by atoms with E-state index < -0.39 is 0 Å². The molecule has 0 bridgehead atoms. The van der Waals surface area contributed by atoms with E-state index in [0.717, 1.165) is 34.9 Å². The van der Waals surface area contributed by atoms with Crippen molar-refractivity contribution in [3.05, 3.63) is 64.6 Å². The van der Waals surface area contributed by atoms with Crippen LogP contribution >= 0.6 is 11.6 Å². The standard InChI is InChI=1S/C18H15ClFN3O/c19-15-8-12(9-17-13(15)5-6-21-17)22-18(24)23-16-4-2-10-1-3-11(20)7-14(10)16/h1,3,5-9,16,21H,2,4H2,(H2,22,23,24). The largest absolute Gasteiger partial charge is 0.361 e. The molecule has 3 aromatic rings. The number of aromatic amines is 1. The van der Waals surface area contributed by atoms with E-state index in [9.17, 15) is 9.18 Å². The number of hydrogen-bond acceptors (Lipinski definition) is 1. The topological polar surface area (TPSA) is 56.9 Å². The lowest BCUT2D eigenvalue weighted by Gasteiger charge is -2.15. The van der Waals surface area contributed by atoms with Gasteiger partial charge in [0.15, 0.2) is 0 Å². The molecule has 1 aromatic heterocycles. The average molecular weight is 344 g/mol. The Morgan fingerprint density at radius 1 is 1.25 bits per heavy atom. The monoisotopic (exact) mass is 343 g/mol. The molecular formula is C18H15ClFN3O. The van der Waals surface area contributed by atoms with Crippen LogP contribution in [0.2, 0.25) is 5.02 Å². The molecular weight excluding hydrogens is 329 g/mol. The molecule has 24 heavy (non-hydrogen) atoms. The third-order valence-electron chi connectivity index (χ3n) is 4.37. The lowest BCUT2D eigenvalue weighted by Crippen LogP contribution is -2.31. The van der Waals surface area contributed by atoms with Gasteiger partial charge in [-0.3, -0.25) is 0 Å². The van der Waals surface area contributed by atoms with Gasteiger partial charge in [0.2, 0.25) is 0 Å². The first-order valence-corrected chi connectivity index (χ1v) is 8.10. The van der Waals surface area contributed by atoms with Crippen LogP contribution in [0.15, 0.2) is 42.6 Å². The van der Waals surface area contributed by atoms with Gasteiger partial charge >= 0.3 is 6.03 Å². The zero-order valence-electron chi connectivity index (χ0n) is 12.7. The van der Waals surface area contributed by atoms with E-state index in [1.165, 1.54) is 12.1 Å². The van der Waals surface area contributed by atoms with Crippen LogP contribution < -0.4 is 10.6 Å². The Balaban J connectivity index is 1.50. The highest BCUT2D eigenvalue weighted by Crippen LogP contribution is 2.32. The third kappa shape index (κ3) is 2.71. The summed E-state index contributed by atoms with van der Waals surface area (Å²) in [5.74, 6) is -0.285. The molecule has 1 aliphatic carbocycles. The summed E-state index contributed by atoms with van der Waals surface area (Å²) in [6, 6.07) is 9.63. The van der Waals surface area contributed by atoms with Gasteiger partial charge in [-0.2, -0.15) is 0 Å². The van der Waals surface area contributed by atoms with Crippen molar-refractivity contribution in [2.45, 2.75) is 18.9 Å². The first kappa shape index (κ1) is 15.0. The minimum Gasteiger partial charge on any atom is -0.361 e. The number of carbonyl (C=O) groups excluding carboxylic acids is 1. The number of benzene rings is 2. The number of aryl methyl sites for hydroxylation is 1. The second-order valence-electron chi connectivity index (χ2n) is 5.93. The van der Waals surface area contributed by atoms with Gasteiger partial charge in [-0.15, -0.1) is 0 Å². The van der Waals surface area contributed by atoms with Gasteiger partial charge in [0.1, 0.15) is 5.82 Å². The summed E-state index contributed by atoms with van der Waals surface area (Å²) in [6.45, 7) is 0. The first-order valence-electron chi connectivity index (χ1n) is 7.72. The zero-order valence-corrected chi connectivity index (χ0v) is 13.5. The van der Waals surface area contributed by atoms with Crippen molar-refractivity contribution in [3.8, 4) is 0 Å². The Labute approximate surface area is 143 Å². The summed E-state index contributed by atoms with van der Waals surface area (Å²) in [5.41, 5.74) is 3.39. The van der Waals surface area contributed by atoms with Gasteiger partial charge in [-0.1, -0.05) is 17.7 Å². The fourth-order valence-electron chi connectivity index (χ4n) is 3.24. The molecule has 0 aliphatic heterocycles. The van der Waals surface area contributed by atoms with E-state index in [-0.39, 0.29) is 17.9 Å². The third-order valence-corrected chi connectivity index (χ3v) is 4.68. The molecule has 2 aromatic carbocycles. The molecule has 0 saturated carbocycles. The van der Waals surface area contributed by atoms with E-state index in [4.69, 9.17) is 11.6 Å². The molecule has 0 saturated heterocycles. The molecule has 2 amide bonds. The Morgan fingerprint density at radius 3 is 3.00 bits per heavy atom. The van der Waals surface area contributed by atoms with Gasteiger partial charge in [-0.25, -0.2) is 9.18 Å². The van der Waals surface area contributed by atoms with Crippen molar-refractivity contribution in [3.63, 3.8) is 0 Å². The fraction of sp³-hybridized carbons (Fsp3) is 0.167. The van der Waals surface area contributed by atoms with E-state index >= 15 is 0 Å². The van der Waals surface area contributed by atoms with Crippen LogP contribution in [0.3, 0.4) is 0 Å². The van der Waals surface area contributed by atoms with Crippen molar-refractivity contribution in [1.29, 1.82) is 0 Å². The Hall–Kier alpha value is -2.53. The van der Waals surface area contributed by atoms with Crippen LogP contribution in [0.25, 0.3) is 10.9 Å². The van der Waals surface area contributed by atoms with Gasteiger partial charge < -0.3 is 15.6 Å². The molecule has 1 aliphatic rings. The van der Waals surface area contributed by atoms with Crippen molar-refractivity contribution >= 4 is 34.2 Å². The lowest BCUT2D eigenvalue weighted by atomic mass is 10.1. The highest BCUT2D eigenvalue weighted by molar-refractivity contribution is 6.35. The van der Waals surface area contributed by atoms with Crippen molar-refractivity contribution in [1.82, 2.24) is 10.3 Å². The minimum atomic E-state index is -0.334. The molecule has 4 rings (SSSR count). The van der Waals surface area contributed by atoms with E-state index in [0.29, 0.717) is 10.7 Å². The maximum Gasteiger partial charge on any atom is 0.319 e. The van der Waals surface area contributed by atoms with Crippen molar-refractivity contribution in [2.24, 2.45) is 0 Å². The number of fused-ring (bicyclic) bond motifs is 2. The molecule has 0 spiro atoms. The second kappa shape index (κ2) is 5.83. The lowest BCUT2D eigenvalue weighted by molar-refractivity contribution is 0.248. The van der Waals surface area contributed by atoms with Crippen LogP contribution in [0.1, 0.15) is 23.6 Å². The molecule has 0 radical (unpaired) electrons. The summed E-state index contributed by atoms with van der Waals surface area (Å²) in [4.78, 5) is 15.3. The maximum absolute atomic E-state index is 13.4. The number of aromatic nitrogens is 1. The molecule has 3 N–H and O–H groups in total. The average Bonchev–Trinajstić information content (AvgIpc) is 3.15. The first-order chi connectivity index (χ1) is 11.6. The number of carbonyl (C=O) groups is 1. The molecule has 0 fully saturated rings.